The van der Waals surface area contributed by atoms with Crippen molar-refractivity contribution in [3.8, 4) is 11.5 Å². The van der Waals surface area contributed by atoms with Crippen LogP contribution in [-0.2, 0) is 0 Å². The summed E-state index contributed by atoms with van der Waals surface area (Å²) in [6, 6.07) is 4.74. The van der Waals surface area contributed by atoms with Gasteiger partial charge in [-0.2, -0.15) is 0 Å². The van der Waals surface area contributed by atoms with Gasteiger partial charge < -0.3 is 9.52 Å². The normalized spacial score (nSPS) is 10.4. The van der Waals surface area contributed by atoms with Crippen molar-refractivity contribution in [3.05, 3.63) is 35.5 Å². The van der Waals surface area contributed by atoms with Gasteiger partial charge in [0.25, 0.3) is 0 Å². The first-order valence-electron chi connectivity index (χ1n) is 4.72. The average Bonchev–Trinajstić information content (AvgIpc) is 2.64. The van der Waals surface area contributed by atoms with Gasteiger partial charge in [0.05, 0.1) is 0 Å². The number of furan rings is 1. The molecule has 2 heterocycles. The molecule has 2 rings (SSSR count). The minimum Gasteiger partial charge on any atom is -0.475 e. The van der Waals surface area contributed by atoms with Gasteiger partial charge in [-0.1, -0.05) is 0 Å². The monoisotopic (exact) mass is 218 g/mol. The van der Waals surface area contributed by atoms with Crippen molar-refractivity contribution in [3.63, 3.8) is 0 Å². The fourth-order valence-electron chi connectivity index (χ4n) is 1.43. The van der Waals surface area contributed by atoms with Crippen LogP contribution >= 0.6 is 0 Å². The molecular weight excluding hydrogens is 208 g/mol. The van der Waals surface area contributed by atoms with Crippen LogP contribution in [0.4, 0.5) is 0 Å². The molecule has 0 aliphatic rings. The maximum atomic E-state index is 10.7. The van der Waals surface area contributed by atoms with Gasteiger partial charge >= 0.3 is 5.97 Å². The van der Waals surface area contributed by atoms with Crippen LogP contribution in [0.3, 0.4) is 0 Å². The van der Waals surface area contributed by atoms with Crippen molar-refractivity contribution >= 4 is 5.97 Å². The van der Waals surface area contributed by atoms with E-state index in [9.17, 15) is 4.79 Å². The molecule has 0 saturated heterocycles. The molecular formula is C11H10N2O3. The van der Waals surface area contributed by atoms with Crippen LogP contribution in [0.2, 0.25) is 0 Å². The first-order chi connectivity index (χ1) is 7.56. The molecule has 5 nitrogen and oxygen atoms in total. The predicted octanol–water partition coefficient (Wildman–Crippen LogP) is 2.05. The third-order valence-corrected chi connectivity index (χ3v) is 2.04. The minimum atomic E-state index is -1.09. The molecule has 0 bridgehead atoms. The number of carboxylic acids is 1. The Hall–Kier alpha value is -2.17. The third kappa shape index (κ3) is 1.93. The molecule has 0 radical (unpaired) electrons. The van der Waals surface area contributed by atoms with Gasteiger partial charge in [0, 0.05) is 5.69 Å². The lowest BCUT2D eigenvalue weighted by Crippen LogP contribution is -1.94. The summed E-state index contributed by atoms with van der Waals surface area (Å²) in [6.45, 7) is 3.62. The van der Waals surface area contributed by atoms with E-state index in [1.807, 2.05) is 6.92 Å². The van der Waals surface area contributed by atoms with Crippen molar-refractivity contribution in [2.45, 2.75) is 13.8 Å². The first kappa shape index (κ1) is 10.4. The Kier molecular flexibility index (Phi) is 2.44. The number of carbonyl (C=O) groups is 1. The van der Waals surface area contributed by atoms with Crippen LogP contribution < -0.4 is 0 Å². The maximum absolute atomic E-state index is 10.7. The molecule has 0 unspecified atom stereocenters. The predicted molar refractivity (Wildman–Crippen MR) is 56.2 cm³/mol. The highest BCUT2D eigenvalue weighted by Crippen LogP contribution is 2.20. The standard InChI is InChI=1S/C11H10N2O3/c1-6-5-8(13-7(2)12-6)9-3-4-10(16-9)11(14)15/h3-5H,1-2H3,(H,14,15). The Balaban J connectivity index is 2.46. The number of hydrogen-bond acceptors (Lipinski definition) is 4. The smallest absolute Gasteiger partial charge is 0.371 e. The van der Waals surface area contributed by atoms with Crippen LogP contribution in [0.1, 0.15) is 22.1 Å². The van der Waals surface area contributed by atoms with Crippen molar-refractivity contribution in [2.24, 2.45) is 0 Å². The lowest BCUT2D eigenvalue weighted by Gasteiger charge is -1.99. The largest absolute Gasteiger partial charge is 0.475 e. The summed E-state index contributed by atoms with van der Waals surface area (Å²) in [5.41, 5.74) is 1.41. The van der Waals surface area contributed by atoms with E-state index in [0.717, 1.165) is 5.69 Å². The van der Waals surface area contributed by atoms with E-state index in [4.69, 9.17) is 9.52 Å². The van der Waals surface area contributed by atoms with E-state index < -0.39 is 5.97 Å². The molecule has 0 atom stereocenters. The summed E-state index contributed by atoms with van der Waals surface area (Å²) in [7, 11) is 0. The molecule has 2 aromatic heterocycles. The highest BCUT2D eigenvalue weighted by Gasteiger charge is 2.11. The summed E-state index contributed by atoms with van der Waals surface area (Å²) < 4.78 is 5.15. The summed E-state index contributed by atoms with van der Waals surface area (Å²) in [4.78, 5) is 19.0. The first-order valence-corrected chi connectivity index (χ1v) is 4.72. The minimum absolute atomic E-state index is 0.0936. The molecule has 82 valence electrons. The van der Waals surface area contributed by atoms with Gasteiger partial charge in [0.1, 0.15) is 11.5 Å². The van der Waals surface area contributed by atoms with Gasteiger partial charge in [-0.15, -0.1) is 0 Å². The summed E-state index contributed by atoms with van der Waals surface area (Å²) >= 11 is 0. The van der Waals surface area contributed by atoms with E-state index in [1.165, 1.54) is 6.07 Å². The Labute approximate surface area is 91.8 Å². The van der Waals surface area contributed by atoms with Gasteiger partial charge in [0.2, 0.25) is 5.76 Å². The van der Waals surface area contributed by atoms with E-state index in [-0.39, 0.29) is 5.76 Å². The van der Waals surface area contributed by atoms with Gasteiger partial charge in [-0.3, -0.25) is 0 Å². The van der Waals surface area contributed by atoms with Crippen LogP contribution in [-0.4, -0.2) is 21.0 Å². The van der Waals surface area contributed by atoms with Gasteiger partial charge in [0.15, 0.2) is 5.76 Å². The number of hydrogen-bond donors (Lipinski definition) is 1. The number of carboxylic acid groups (broad SMARTS) is 1. The second kappa shape index (κ2) is 3.77. The Morgan fingerprint density at radius 2 is 2.06 bits per heavy atom. The summed E-state index contributed by atoms with van der Waals surface area (Å²) in [5, 5.41) is 8.73. The Morgan fingerprint density at radius 3 is 2.62 bits per heavy atom. The second-order valence-corrected chi connectivity index (χ2v) is 3.41. The second-order valence-electron chi connectivity index (χ2n) is 3.41. The van der Waals surface area contributed by atoms with Crippen LogP contribution in [0.25, 0.3) is 11.5 Å². The van der Waals surface area contributed by atoms with Crippen molar-refractivity contribution in [1.29, 1.82) is 0 Å². The van der Waals surface area contributed by atoms with E-state index in [2.05, 4.69) is 9.97 Å². The molecule has 2 aromatic rings. The number of aromatic carboxylic acids is 1. The number of aromatic nitrogens is 2. The molecule has 0 aromatic carbocycles. The zero-order valence-electron chi connectivity index (χ0n) is 8.89. The molecule has 0 saturated carbocycles. The molecule has 16 heavy (non-hydrogen) atoms. The SMILES string of the molecule is Cc1cc(-c2ccc(C(=O)O)o2)nc(C)n1. The molecule has 0 fully saturated rings. The molecule has 0 aliphatic carbocycles. The van der Waals surface area contributed by atoms with Crippen molar-refractivity contribution in [2.75, 3.05) is 0 Å². The molecule has 0 spiro atoms. The summed E-state index contributed by atoms with van der Waals surface area (Å²) in [5.74, 6) is -0.119. The van der Waals surface area contributed by atoms with Gasteiger partial charge in [-0.05, 0) is 32.0 Å². The fourth-order valence-corrected chi connectivity index (χ4v) is 1.43. The molecule has 1 N–H and O–H groups in total. The van der Waals surface area contributed by atoms with E-state index in [0.29, 0.717) is 17.3 Å². The van der Waals surface area contributed by atoms with Gasteiger partial charge in [-0.25, -0.2) is 14.8 Å². The van der Waals surface area contributed by atoms with Crippen molar-refractivity contribution < 1.29 is 14.3 Å². The topological polar surface area (TPSA) is 76.2 Å². The van der Waals surface area contributed by atoms with Crippen LogP contribution in [0.5, 0.6) is 0 Å². The highest BCUT2D eigenvalue weighted by molar-refractivity contribution is 5.85. The highest BCUT2D eigenvalue weighted by atomic mass is 16.4. The lowest BCUT2D eigenvalue weighted by atomic mass is 10.3. The Bertz CT molecular complexity index is 526. The maximum Gasteiger partial charge on any atom is 0.371 e. The fraction of sp³-hybridized carbons (Fsp3) is 0.182. The quantitative estimate of drug-likeness (QED) is 0.834. The van der Waals surface area contributed by atoms with Crippen LogP contribution in [0.15, 0.2) is 22.6 Å². The number of rotatable bonds is 2. The van der Waals surface area contributed by atoms with E-state index >= 15 is 0 Å². The molecule has 5 heteroatoms. The van der Waals surface area contributed by atoms with Crippen LogP contribution in [0, 0.1) is 13.8 Å². The summed E-state index contributed by atoms with van der Waals surface area (Å²) in [6.07, 6.45) is 0. The molecule has 0 amide bonds. The Morgan fingerprint density at radius 1 is 1.31 bits per heavy atom. The zero-order chi connectivity index (χ0) is 11.7. The third-order valence-electron chi connectivity index (χ3n) is 2.04. The average molecular weight is 218 g/mol. The zero-order valence-corrected chi connectivity index (χ0v) is 8.89. The number of aryl methyl sites for hydroxylation is 2. The van der Waals surface area contributed by atoms with E-state index in [1.54, 1.807) is 19.1 Å². The van der Waals surface area contributed by atoms with Crippen molar-refractivity contribution in [1.82, 2.24) is 9.97 Å². The molecule has 0 aliphatic heterocycles. The lowest BCUT2D eigenvalue weighted by molar-refractivity contribution is 0.0663. The number of nitrogens with zero attached hydrogens (tertiary/aromatic N) is 2.